The second-order valence-electron chi connectivity index (χ2n) is 6.46. The molecule has 0 aromatic heterocycles. The van der Waals surface area contributed by atoms with Gasteiger partial charge in [-0.25, -0.2) is 0 Å². The first-order chi connectivity index (χ1) is 12.2. The van der Waals surface area contributed by atoms with Crippen molar-refractivity contribution in [1.82, 2.24) is 4.90 Å². The van der Waals surface area contributed by atoms with Crippen molar-refractivity contribution in [1.29, 1.82) is 0 Å². The largest absolute Gasteiger partial charge is 0.494 e. The van der Waals surface area contributed by atoms with Crippen LogP contribution in [-0.2, 0) is 11.2 Å². The summed E-state index contributed by atoms with van der Waals surface area (Å²) >= 11 is 0. The summed E-state index contributed by atoms with van der Waals surface area (Å²) in [5.41, 5.74) is 3.48. The fraction of sp³-hybridized carbons (Fsp3) is 0.381. The molecule has 3 rings (SSSR count). The van der Waals surface area contributed by atoms with Crippen LogP contribution in [0.15, 0.2) is 48.5 Å². The highest BCUT2D eigenvalue weighted by atomic mass is 16.5. The van der Waals surface area contributed by atoms with E-state index in [1.165, 1.54) is 11.3 Å². The van der Waals surface area contributed by atoms with Gasteiger partial charge in [0.1, 0.15) is 5.75 Å². The molecule has 0 aliphatic carbocycles. The number of hydrogen-bond acceptors (Lipinski definition) is 3. The molecule has 0 bridgehead atoms. The minimum Gasteiger partial charge on any atom is -0.494 e. The second-order valence-corrected chi connectivity index (χ2v) is 6.46. The third-order valence-corrected chi connectivity index (χ3v) is 4.58. The van der Waals surface area contributed by atoms with E-state index >= 15 is 0 Å². The number of aryl methyl sites for hydroxylation is 1. The molecule has 1 amide bonds. The molecule has 132 valence electrons. The molecule has 1 heterocycles. The van der Waals surface area contributed by atoms with Crippen molar-refractivity contribution in [2.24, 2.45) is 0 Å². The molecule has 0 atom stereocenters. The van der Waals surface area contributed by atoms with Crippen molar-refractivity contribution in [2.75, 3.05) is 37.7 Å². The van der Waals surface area contributed by atoms with E-state index in [9.17, 15) is 4.79 Å². The Labute approximate surface area is 150 Å². The Kier molecular flexibility index (Phi) is 5.59. The van der Waals surface area contributed by atoms with Crippen molar-refractivity contribution in [2.45, 2.75) is 20.3 Å². The topological polar surface area (TPSA) is 32.8 Å². The van der Waals surface area contributed by atoms with E-state index in [2.05, 4.69) is 36.1 Å². The summed E-state index contributed by atoms with van der Waals surface area (Å²) in [4.78, 5) is 16.8. The molecule has 0 radical (unpaired) electrons. The second kappa shape index (κ2) is 8.06. The van der Waals surface area contributed by atoms with Crippen molar-refractivity contribution >= 4 is 11.6 Å². The van der Waals surface area contributed by atoms with Crippen LogP contribution in [0, 0.1) is 6.92 Å². The molecule has 1 saturated heterocycles. The van der Waals surface area contributed by atoms with Crippen LogP contribution in [0.4, 0.5) is 5.69 Å². The first-order valence-electron chi connectivity index (χ1n) is 8.97. The van der Waals surface area contributed by atoms with E-state index in [0.29, 0.717) is 13.0 Å². The van der Waals surface area contributed by atoms with Crippen LogP contribution in [0.5, 0.6) is 5.75 Å². The van der Waals surface area contributed by atoms with Gasteiger partial charge in [-0.3, -0.25) is 4.79 Å². The number of nitrogens with zero attached hydrogens (tertiary/aromatic N) is 2. The quantitative estimate of drug-likeness (QED) is 0.839. The SMILES string of the molecule is CCOc1ccc(N2CCN(C(=O)Cc3cccc(C)c3)CC2)cc1. The maximum absolute atomic E-state index is 12.5. The molecule has 2 aromatic rings. The fourth-order valence-electron chi connectivity index (χ4n) is 3.24. The Morgan fingerprint density at radius 3 is 2.40 bits per heavy atom. The fourth-order valence-corrected chi connectivity index (χ4v) is 3.24. The lowest BCUT2D eigenvalue weighted by atomic mass is 10.1. The number of carbonyl (C=O) groups excluding carboxylic acids is 1. The molecule has 0 unspecified atom stereocenters. The monoisotopic (exact) mass is 338 g/mol. The van der Waals surface area contributed by atoms with E-state index in [1.54, 1.807) is 0 Å². The zero-order valence-corrected chi connectivity index (χ0v) is 15.1. The van der Waals surface area contributed by atoms with Crippen molar-refractivity contribution in [3.63, 3.8) is 0 Å². The molecular weight excluding hydrogens is 312 g/mol. The standard InChI is InChI=1S/C21H26N2O2/c1-3-25-20-9-7-19(8-10-20)22-11-13-23(14-12-22)21(24)16-18-6-4-5-17(2)15-18/h4-10,15H,3,11-14,16H2,1-2H3. The molecule has 0 N–H and O–H groups in total. The van der Waals surface area contributed by atoms with Gasteiger partial charge < -0.3 is 14.5 Å². The van der Waals surface area contributed by atoms with E-state index in [0.717, 1.165) is 37.5 Å². The Morgan fingerprint density at radius 1 is 1.04 bits per heavy atom. The summed E-state index contributed by atoms with van der Waals surface area (Å²) in [5.74, 6) is 1.12. The average Bonchev–Trinajstić information content (AvgIpc) is 2.63. The predicted octanol–water partition coefficient (Wildman–Crippen LogP) is 3.29. The first kappa shape index (κ1) is 17.3. The van der Waals surface area contributed by atoms with Crippen molar-refractivity contribution < 1.29 is 9.53 Å². The maximum atomic E-state index is 12.5. The molecule has 1 aliphatic rings. The van der Waals surface area contributed by atoms with E-state index in [4.69, 9.17) is 4.74 Å². The maximum Gasteiger partial charge on any atom is 0.227 e. The van der Waals surface area contributed by atoms with Gasteiger partial charge in [-0.1, -0.05) is 29.8 Å². The molecular formula is C21H26N2O2. The van der Waals surface area contributed by atoms with Gasteiger partial charge in [0.15, 0.2) is 0 Å². The number of amides is 1. The lowest BCUT2D eigenvalue weighted by Gasteiger charge is -2.36. The van der Waals surface area contributed by atoms with Gasteiger partial charge in [-0.05, 0) is 43.7 Å². The van der Waals surface area contributed by atoms with E-state index in [1.807, 2.05) is 36.1 Å². The lowest BCUT2D eigenvalue weighted by molar-refractivity contribution is -0.130. The van der Waals surface area contributed by atoms with E-state index in [-0.39, 0.29) is 5.91 Å². The summed E-state index contributed by atoms with van der Waals surface area (Å²) in [7, 11) is 0. The number of hydrogen-bond donors (Lipinski definition) is 0. The number of benzene rings is 2. The van der Waals surface area contributed by atoms with Gasteiger partial charge in [0.05, 0.1) is 13.0 Å². The molecule has 4 heteroatoms. The van der Waals surface area contributed by atoms with Crippen LogP contribution >= 0.6 is 0 Å². The average molecular weight is 338 g/mol. The molecule has 2 aromatic carbocycles. The number of carbonyl (C=O) groups is 1. The summed E-state index contributed by atoms with van der Waals surface area (Å²) in [6, 6.07) is 16.4. The summed E-state index contributed by atoms with van der Waals surface area (Å²) < 4.78 is 5.49. The van der Waals surface area contributed by atoms with Crippen molar-refractivity contribution in [3.8, 4) is 5.75 Å². The smallest absolute Gasteiger partial charge is 0.227 e. The van der Waals surface area contributed by atoms with Gasteiger partial charge in [-0.15, -0.1) is 0 Å². The number of piperazine rings is 1. The number of rotatable bonds is 5. The minimum absolute atomic E-state index is 0.219. The zero-order chi connectivity index (χ0) is 17.6. The van der Waals surface area contributed by atoms with Crippen LogP contribution in [0.2, 0.25) is 0 Å². The first-order valence-corrected chi connectivity index (χ1v) is 8.97. The van der Waals surface area contributed by atoms with Crippen molar-refractivity contribution in [3.05, 3.63) is 59.7 Å². The third-order valence-electron chi connectivity index (χ3n) is 4.58. The Hall–Kier alpha value is -2.49. The Balaban J connectivity index is 1.53. The predicted molar refractivity (Wildman–Crippen MR) is 101 cm³/mol. The van der Waals surface area contributed by atoms with Gasteiger partial charge in [-0.2, -0.15) is 0 Å². The van der Waals surface area contributed by atoms with Gasteiger partial charge in [0.2, 0.25) is 5.91 Å². The van der Waals surface area contributed by atoms with Gasteiger partial charge in [0, 0.05) is 31.9 Å². The molecule has 0 spiro atoms. The highest BCUT2D eigenvalue weighted by Gasteiger charge is 2.21. The number of ether oxygens (including phenoxy) is 1. The van der Waals surface area contributed by atoms with Crippen LogP contribution < -0.4 is 9.64 Å². The summed E-state index contributed by atoms with van der Waals surface area (Å²) in [6.07, 6.45) is 0.491. The van der Waals surface area contributed by atoms with Gasteiger partial charge in [0.25, 0.3) is 0 Å². The summed E-state index contributed by atoms with van der Waals surface area (Å²) in [5, 5.41) is 0. The normalized spacial score (nSPS) is 14.5. The van der Waals surface area contributed by atoms with Crippen LogP contribution in [0.3, 0.4) is 0 Å². The zero-order valence-electron chi connectivity index (χ0n) is 15.1. The Morgan fingerprint density at radius 2 is 1.76 bits per heavy atom. The minimum atomic E-state index is 0.219. The Bertz CT molecular complexity index is 704. The van der Waals surface area contributed by atoms with Gasteiger partial charge >= 0.3 is 0 Å². The third kappa shape index (κ3) is 4.53. The lowest BCUT2D eigenvalue weighted by Crippen LogP contribution is -2.49. The molecule has 4 nitrogen and oxygen atoms in total. The highest BCUT2D eigenvalue weighted by molar-refractivity contribution is 5.79. The van der Waals surface area contributed by atoms with E-state index < -0.39 is 0 Å². The molecule has 1 aliphatic heterocycles. The number of anilines is 1. The highest BCUT2D eigenvalue weighted by Crippen LogP contribution is 2.21. The van der Waals surface area contributed by atoms with Crippen LogP contribution in [0.25, 0.3) is 0 Å². The molecule has 1 fully saturated rings. The molecule has 25 heavy (non-hydrogen) atoms. The van der Waals surface area contributed by atoms with Crippen LogP contribution in [-0.4, -0.2) is 43.6 Å². The summed E-state index contributed by atoms with van der Waals surface area (Å²) in [6.45, 7) is 8.02. The van der Waals surface area contributed by atoms with Crippen LogP contribution in [0.1, 0.15) is 18.1 Å². The molecule has 0 saturated carbocycles.